The molecule has 1 aromatic rings. The molecule has 3 N–H and O–H groups in total. The highest BCUT2D eigenvalue weighted by molar-refractivity contribution is 5.97. The number of benzene rings is 1. The van der Waals surface area contributed by atoms with Crippen LogP contribution in [0.1, 0.15) is 26.7 Å². The number of carbonyl (C=O) groups excluding carboxylic acids is 3. The number of amides is 3. The molecule has 2 rings (SSSR count). The zero-order valence-corrected chi connectivity index (χ0v) is 13.2. The number of ether oxygens (including phenoxy) is 1. The van der Waals surface area contributed by atoms with E-state index in [0.717, 1.165) is 12.8 Å². The summed E-state index contributed by atoms with van der Waals surface area (Å²) in [6.07, 6.45) is 1.25. The van der Waals surface area contributed by atoms with Crippen molar-refractivity contribution in [3.05, 3.63) is 24.3 Å². The molecule has 1 aliphatic rings. The van der Waals surface area contributed by atoms with Crippen molar-refractivity contribution in [1.29, 1.82) is 0 Å². The summed E-state index contributed by atoms with van der Waals surface area (Å²) < 4.78 is 5.32. The Hall–Kier alpha value is -2.41. The monoisotopic (exact) mass is 319 g/mol. The molecule has 23 heavy (non-hydrogen) atoms. The number of nitrogens with one attached hydrogen (secondary N) is 3. The lowest BCUT2D eigenvalue weighted by Gasteiger charge is -2.14. The van der Waals surface area contributed by atoms with Crippen LogP contribution in [-0.2, 0) is 19.1 Å². The van der Waals surface area contributed by atoms with E-state index in [0.29, 0.717) is 18.0 Å². The number of rotatable bonds is 5. The molecule has 7 heteroatoms. The normalized spacial score (nSPS) is 18.1. The topological polar surface area (TPSA) is 96.5 Å². The Bertz CT molecular complexity index is 579. The summed E-state index contributed by atoms with van der Waals surface area (Å²) in [7, 11) is 0. The van der Waals surface area contributed by atoms with Crippen LogP contribution in [0.15, 0.2) is 24.3 Å². The van der Waals surface area contributed by atoms with Gasteiger partial charge in [0.25, 0.3) is 5.91 Å². The predicted molar refractivity (Wildman–Crippen MR) is 86.0 cm³/mol. The van der Waals surface area contributed by atoms with E-state index in [2.05, 4.69) is 16.0 Å². The van der Waals surface area contributed by atoms with Crippen LogP contribution in [0.25, 0.3) is 0 Å². The second kappa shape index (κ2) is 7.73. The average Bonchev–Trinajstić information content (AvgIpc) is 3.03. The van der Waals surface area contributed by atoms with Gasteiger partial charge in [0.2, 0.25) is 11.8 Å². The minimum Gasteiger partial charge on any atom is -0.368 e. The van der Waals surface area contributed by atoms with Crippen LogP contribution in [0.5, 0.6) is 0 Å². The third-order valence-corrected chi connectivity index (χ3v) is 3.46. The van der Waals surface area contributed by atoms with Crippen LogP contribution in [0.2, 0.25) is 0 Å². The Morgan fingerprint density at radius 2 is 1.74 bits per heavy atom. The molecule has 1 aliphatic heterocycles. The highest BCUT2D eigenvalue weighted by Crippen LogP contribution is 2.17. The number of hydrogen-bond acceptors (Lipinski definition) is 4. The third-order valence-electron chi connectivity index (χ3n) is 3.46. The van der Waals surface area contributed by atoms with E-state index in [1.807, 2.05) is 0 Å². The van der Waals surface area contributed by atoms with Crippen LogP contribution in [0.3, 0.4) is 0 Å². The van der Waals surface area contributed by atoms with Crippen LogP contribution >= 0.6 is 0 Å². The Morgan fingerprint density at radius 3 is 2.26 bits per heavy atom. The van der Waals surface area contributed by atoms with Gasteiger partial charge in [-0.25, -0.2) is 0 Å². The van der Waals surface area contributed by atoms with Crippen LogP contribution < -0.4 is 16.0 Å². The SMILES string of the molecule is CC(=O)NC(C)C(=O)Nc1ccc(NC(=O)C2CCCO2)cc1. The lowest BCUT2D eigenvalue weighted by atomic mass is 10.2. The van der Waals surface area contributed by atoms with Gasteiger partial charge < -0.3 is 20.7 Å². The van der Waals surface area contributed by atoms with Gasteiger partial charge in [0, 0.05) is 24.9 Å². The molecule has 0 aliphatic carbocycles. The van der Waals surface area contributed by atoms with E-state index >= 15 is 0 Å². The smallest absolute Gasteiger partial charge is 0.253 e. The number of hydrogen-bond donors (Lipinski definition) is 3. The van der Waals surface area contributed by atoms with Gasteiger partial charge in [0.15, 0.2) is 0 Å². The van der Waals surface area contributed by atoms with Crippen molar-refractivity contribution >= 4 is 29.1 Å². The van der Waals surface area contributed by atoms with Crippen LogP contribution in [0, 0.1) is 0 Å². The molecule has 7 nitrogen and oxygen atoms in total. The van der Waals surface area contributed by atoms with Crippen molar-refractivity contribution < 1.29 is 19.1 Å². The standard InChI is InChI=1S/C16H21N3O4/c1-10(17-11(2)20)15(21)18-12-5-7-13(8-6-12)19-16(22)14-4-3-9-23-14/h5-8,10,14H,3-4,9H2,1-2H3,(H,17,20)(H,18,21)(H,19,22). The van der Waals surface area contributed by atoms with Gasteiger partial charge in [-0.05, 0) is 44.0 Å². The second-order valence-corrected chi connectivity index (χ2v) is 5.48. The molecule has 0 radical (unpaired) electrons. The predicted octanol–water partition coefficient (Wildman–Crippen LogP) is 1.27. The summed E-state index contributed by atoms with van der Waals surface area (Å²) in [5, 5.41) is 7.98. The Labute approximate surface area is 134 Å². The highest BCUT2D eigenvalue weighted by Gasteiger charge is 2.23. The minimum absolute atomic E-state index is 0.154. The van der Waals surface area contributed by atoms with Gasteiger partial charge >= 0.3 is 0 Å². The van der Waals surface area contributed by atoms with Gasteiger partial charge in [-0.15, -0.1) is 0 Å². The molecule has 0 saturated carbocycles. The van der Waals surface area contributed by atoms with Gasteiger partial charge in [0.05, 0.1) is 0 Å². The summed E-state index contributed by atoms with van der Waals surface area (Å²) in [5.74, 6) is -0.727. The molecule has 0 aromatic heterocycles. The first-order chi connectivity index (χ1) is 11.0. The molecule has 1 heterocycles. The van der Waals surface area contributed by atoms with Gasteiger partial charge in [0.1, 0.15) is 12.1 Å². The molecular weight excluding hydrogens is 298 g/mol. The van der Waals surface area contributed by atoms with Gasteiger partial charge in [-0.1, -0.05) is 0 Å². The minimum atomic E-state index is -0.619. The number of carbonyl (C=O) groups is 3. The maximum absolute atomic E-state index is 11.9. The zero-order chi connectivity index (χ0) is 16.8. The molecule has 2 atom stereocenters. The Kier molecular flexibility index (Phi) is 5.70. The third kappa shape index (κ3) is 5.07. The Balaban J connectivity index is 1.87. The molecular formula is C16H21N3O4. The first-order valence-electron chi connectivity index (χ1n) is 7.56. The fraction of sp³-hybridized carbons (Fsp3) is 0.438. The molecule has 124 valence electrons. The van der Waals surface area contributed by atoms with Crippen molar-refractivity contribution in [3.8, 4) is 0 Å². The van der Waals surface area contributed by atoms with Crippen molar-refractivity contribution in [3.63, 3.8) is 0 Å². The van der Waals surface area contributed by atoms with E-state index in [4.69, 9.17) is 4.74 Å². The van der Waals surface area contributed by atoms with E-state index in [1.165, 1.54) is 6.92 Å². The maximum Gasteiger partial charge on any atom is 0.253 e. The zero-order valence-electron chi connectivity index (χ0n) is 13.2. The van der Waals surface area contributed by atoms with E-state index in [-0.39, 0.29) is 23.8 Å². The molecule has 1 fully saturated rings. The molecule has 1 aromatic carbocycles. The van der Waals surface area contributed by atoms with Crippen molar-refractivity contribution in [1.82, 2.24) is 5.32 Å². The van der Waals surface area contributed by atoms with Gasteiger partial charge in [-0.2, -0.15) is 0 Å². The fourth-order valence-electron chi connectivity index (χ4n) is 2.27. The van der Waals surface area contributed by atoms with E-state index in [1.54, 1.807) is 31.2 Å². The summed E-state index contributed by atoms with van der Waals surface area (Å²) >= 11 is 0. The van der Waals surface area contributed by atoms with Gasteiger partial charge in [-0.3, -0.25) is 14.4 Å². The second-order valence-electron chi connectivity index (χ2n) is 5.48. The largest absolute Gasteiger partial charge is 0.368 e. The van der Waals surface area contributed by atoms with E-state index in [9.17, 15) is 14.4 Å². The number of anilines is 2. The van der Waals surface area contributed by atoms with Crippen LogP contribution in [-0.4, -0.2) is 36.5 Å². The average molecular weight is 319 g/mol. The van der Waals surface area contributed by atoms with Crippen molar-refractivity contribution in [2.45, 2.75) is 38.8 Å². The maximum atomic E-state index is 11.9. The van der Waals surface area contributed by atoms with Crippen LogP contribution in [0.4, 0.5) is 11.4 Å². The summed E-state index contributed by atoms with van der Waals surface area (Å²) in [6, 6.07) is 6.15. The molecule has 0 bridgehead atoms. The lowest BCUT2D eigenvalue weighted by molar-refractivity contribution is -0.124. The first-order valence-corrected chi connectivity index (χ1v) is 7.56. The summed E-state index contributed by atoms with van der Waals surface area (Å²) in [4.78, 5) is 34.7. The highest BCUT2D eigenvalue weighted by atomic mass is 16.5. The van der Waals surface area contributed by atoms with E-state index < -0.39 is 6.04 Å². The molecule has 3 amide bonds. The Morgan fingerprint density at radius 1 is 1.13 bits per heavy atom. The lowest BCUT2D eigenvalue weighted by Crippen LogP contribution is -2.40. The first kappa shape index (κ1) is 17.0. The molecule has 2 unspecified atom stereocenters. The summed E-state index contributed by atoms with van der Waals surface area (Å²) in [5.41, 5.74) is 1.22. The quantitative estimate of drug-likeness (QED) is 0.761. The fourth-order valence-corrected chi connectivity index (χ4v) is 2.27. The summed E-state index contributed by atoms with van der Waals surface area (Å²) in [6.45, 7) is 3.58. The molecule has 0 spiro atoms. The van der Waals surface area contributed by atoms with Crippen molar-refractivity contribution in [2.75, 3.05) is 17.2 Å². The molecule has 1 saturated heterocycles. The van der Waals surface area contributed by atoms with Crippen molar-refractivity contribution in [2.24, 2.45) is 0 Å².